The SMILES string of the molecule is Nc1nc(N)nc(N(Cl)Cl)n1.[NaH]. The van der Waals surface area contributed by atoms with Crippen molar-refractivity contribution in [3.8, 4) is 0 Å². The summed E-state index contributed by atoms with van der Waals surface area (Å²) in [4.78, 5) is 10.6. The number of halogens is 2. The Hall–Kier alpha value is -0.01000. The number of anilines is 3. The van der Waals surface area contributed by atoms with Gasteiger partial charge in [-0.05, 0) is 0 Å². The maximum absolute atomic E-state index is 5.28. The molecule has 1 heterocycles. The normalized spacial score (nSPS) is 8.83. The summed E-state index contributed by atoms with van der Waals surface area (Å²) >= 11 is 10.6. The van der Waals surface area contributed by atoms with E-state index in [0.29, 0.717) is 3.94 Å². The van der Waals surface area contributed by atoms with Crippen molar-refractivity contribution in [1.29, 1.82) is 0 Å². The predicted molar refractivity (Wildman–Crippen MR) is 50.0 cm³/mol. The van der Waals surface area contributed by atoms with Crippen LogP contribution in [0, 0.1) is 0 Å². The zero-order valence-corrected chi connectivity index (χ0v) is 6.71. The predicted octanol–water partition coefficient (Wildman–Crippen LogP) is -0.499. The van der Waals surface area contributed by atoms with E-state index in [-0.39, 0.29) is 47.4 Å². The fraction of sp³-hybridized carbons (Fsp3) is 0. The van der Waals surface area contributed by atoms with E-state index in [0.717, 1.165) is 0 Å². The van der Waals surface area contributed by atoms with Crippen LogP contribution in [0.1, 0.15) is 0 Å². The van der Waals surface area contributed by atoms with E-state index in [1.165, 1.54) is 0 Å². The molecule has 6 nitrogen and oxygen atoms in total. The monoisotopic (exact) mass is 218 g/mol. The van der Waals surface area contributed by atoms with Crippen molar-refractivity contribution in [3.05, 3.63) is 0 Å². The Morgan fingerprint density at radius 2 is 1.42 bits per heavy atom. The van der Waals surface area contributed by atoms with Gasteiger partial charge in [0.05, 0.1) is 0 Å². The molecule has 9 heteroatoms. The number of hydrogen-bond acceptors (Lipinski definition) is 6. The van der Waals surface area contributed by atoms with E-state index in [1.54, 1.807) is 0 Å². The van der Waals surface area contributed by atoms with Gasteiger partial charge in [-0.25, -0.2) is 0 Å². The summed E-state index contributed by atoms with van der Waals surface area (Å²) < 4.78 is 0.647. The minimum atomic E-state index is -0.0289. The van der Waals surface area contributed by atoms with Crippen LogP contribution >= 0.6 is 23.6 Å². The van der Waals surface area contributed by atoms with Crippen molar-refractivity contribution >= 4 is 71.0 Å². The van der Waals surface area contributed by atoms with Crippen LogP contribution in [0.3, 0.4) is 0 Å². The number of hydrogen-bond donors (Lipinski definition) is 2. The van der Waals surface area contributed by atoms with Crippen LogP contribution in [-0.4, -0.2) is 44.5 Å². The first kappa shape index (κ1) is 12.0. The Morgan fingerprint density at radius 1 is 1.00 bits per heavy atom. The van der Waals surface area contributed by atoms with Gasteiger partial charge in [-0.2, -0.15) is 18.9 Å². The van der Waals surface area contributed by atoms with Crippen molar-refractivity contribution in [2.75, 3.05) is 15.4 Å². The molecule has 0 aliphatic carbocycles. The van der Waals surface area contributed by atoms with Gasteiger partial charge in [0.2, 0.25) is 11.9 Å². The van der Waals surface area contributed by atoms with Gasteiger partial charge in [-0.3, -0.25) is 0 Å². The van der Waals surface area contributed by atoms with E-state index >= 15 is 0 Å². The summed E-state index contributed by atoms with van der Waals surface area (Å²) in [6, 6.07) is 0. The molecule has 0 spiro atoms. The molecule has 0 saturated carbocycles. The summed E-state index contributed by atoms with van der Waals surface area (Å²) in [5, 5.41) is 0. The van der Waals surface area contributed by atoms with Gasteiger partial charge in [0.25, 0.3) is 5.95 Å². The third kappa shape index (κ3) is 3.16. The van der Waals surface area contributed by atoms with E-state index < -0.39 is 0 Å². The standard InChI is InChI=1S/C3H4Cl2N6.Na.H/c4-11(5)3-9-1(6)8-2(7)10-3;;/h(H4,6,7,8,9,10);;. The molecule has 1 rings (SSSR count). The fourth-order valence-electron chi connectivity index (χ4n) is 0.473. The zero-order chi connectivity index (χ0) is 8.43. The van der Waals surface area contributed by atoms with Crippen molar-refractivity contribution in [1.82, 2.24) is 15.0 Å². The van der Waals surface area contributed by atoms with Crippen molar-refractivity contribution in [2.45, 2.75) is 0 Å². The maximum atomic E-state index is 5.28. The number of nitrogens with zero attached hydrogens (tertiary/aromatic N) is 4. The molecule has 0 bridgehead atoms. The molecule has 0 radical (unpaired) electrons. The Balaban J connectivity index is 0.00000121. The molecule has 4 N–H and O–H groups in total. The van der Waals surface area contributed by atoms with Crippen LogP contribution < -0.4 is 15.4 Å². The zero-order valence-electron chi connectivity index (χ0n) is 5.20. The van der Waals surface area contributed by atoms with E-state index in [1.807, 2.05) is 0 Å². The van der Waals surface area contributed by atoms with Crippen LogP contribution in [0.2, 0.25) is 0 Å². The molecular weight excluding hydrogens is 214 g/mol. The molecule has 12 heavy (non-hydrogen) atoms. The minimum absolute atomic E-state index is 0. The molecule has 0 fully saturated rings. The number of nitrogens with two attached hydrogens (primary N) is 2. The Labute approximate surface area is 101 Å². The quantitative estimate of drug-likeness (QED) is 0.488. The molecule has 0 aliphatic rings. The molecular formula is C3H5Cl2N6Na. The summed E-state index contributed by atoms with van der Waals surface area (Å²) in [5.41, 5.74) is 10.4. The second kappa shape index (κ2) is 4.88. The van der Waals surface area contributed by atoms with Crippen molar-refractivity contribution in [3.63, 3.8) is 0 Å². The Morgan fingerprint density at radius 3 is 1.75 bits per heavy atom. The first-order chi connectivity index (χ1) is 5.09. The number of nitrogen functional groups attached to an aromatic ring is 2. The molecule has 1 aromatic heterocycles. The van der Waals surface area contributed by atoms with Gasteiger partial charge in [0.1, 0.15) is 0 Å². The van der Waals surface area contributed by atoms with E-state index in [4.69, 9.17) is 35.0 Å². The molecule has 0 amide bonds. The second-order valence-corrected chi connectivity index (χ2v) is 2.43. The Kier molecular flexibility index (Phi) is 4.88. The second-order valence-electron chi connectivity index (χ2n) is 1.58. The van der Waals surface area contributed by atoms with Crippen LogP contribution in [0.4, 0.5) is 17.8 Å². The first-order valence-electron chi connectivity index (χ1n) is 2.48. The molecule has 0 atom stereocenters. The average Bonchev–Trinajstić information content (AvgIpc) is 1.85. The summed E-state index contributed by atoms with van der Waals surface area (Å²) in [6.45, 7) is 0. The van der Waals surface area contributed by atoms with Gasteiger partial charge in [0, 0.05) is 23.6 Å². The molecule has 0 saturated heterocycles. The first-order valence-corrected chi connectivity index (χ1v) is 3.16. The van der Waals surface area contributed by atoms with Gasteiger partial charge in [-0.1, -0.05) is 0 Å². The molecule has 62 valence electrons. The van der Waals surface area contributed by atoms with Gasteiger partial charge >= 0.3 is 29.6 Å². The van der Waals surface area contributed by atoms with Crippen LogP contribution in [-0.2, 0) is 0 Å². The van der Waals surface area contributed by atoms with Gasteiger partial charge < -0.3 is 11.5 Å². The van der Waals surface area contributed by atoms with E-state index in [2.05, 4.69) is 15.0 Å². The van der Waals surface area contributed by atoms with Crippen molar-refractivity contribution in [2.24, 2.45) is 0 Å². The summed E-state index contributed by atoms with van der Waals surface area (Å²) in [5.74, 6) is -0.0593. The number of rotatable bonds is 1. The molecule has 0 aromatic carbocycles. The topological polar surface area (TPSA) is 93.9 Å². The van der Waals surface area contributed by atoms with Crippen LogP contribution in [0.15, 0.2) is 0 Å². The Bertz CT molecular complexity index is 247. The third-order valence-corrected chi connectivity index (χ3v) is 1.11. The summed E-state index contributed by atoms with van der Waals surface area (Å²) in [6.07, 6.45) is 0. The third-order valence-electron chi connectivity index (χ3n) is 0.809. The van der Waals surface area contributed by atoms with Gasteiger partial charge in [-0.15, -0.1) is 0 Å². The fourth-order valence-corrected chi connectivity index (χ4v) is 0.624. The van der Waals surface area contributed by atoms with Crippen LogP contribution in [0.25, 0.3) is 0 Å². The average molecular weight is 219 g/mol. The molecule has 0 unspecified atom stereocenters. The summed E-state index contributed by atoms with van der Waals surface area (Å²) in [7, 11) is 0. The van der Waals surface area contributed by atoms with Gasteiger partial charge in [0.15, 0.2) is 0 Å². The molecule has 0 aliphatic heterocycles. The van der Waals surface area contributed by atoms with E-state index in [9.17, 15) is 0 Å². The molecule has 1 aromatic rings. The van der Waals surface area contributed by atoms with Crippen molar-refractivity contribution < 1.29 is 0 Å². The number of aromatic nitrogens is 3. The van der Waals surface area contributed by atoms with Crippen LogP contribution in [0.5, 0.6) is 0 Å².